The zero-order valence-corrected chi connectivity index (χ0v) is 12.4. The van der Waals surface area contributed by atoms with Crippen molar-refractivity contribution in [2.24, 2.45) is 28.6 Å². The molecule has 92 valence electrons. The Morgan fingerprint density at radius 3 is 1.47 bits per heavy atom. The summed E-state index contributed by atoms with van der Waals surface area (Å²) in [5.41, 5.74) is 0.900. The predicted molar refractivity (Wildman–Crippen MR) is 71.0 cm³/mol. The largest absolute Gasteiger partial charge is 0.0649 e. The monoisotopic (exact) mass is 212 g/mol. The Labute approximate surface area is 97.8 Å². The van der Waals surface area contributed by atoms with Crippen LogP contribution in [0.3, 0.4) is 0 Å². The molecule has 0 N–H and O–H groups in total. The summed E-state index contributed by atoms with van der Waals surface area (Å²) in [5, 5.41) is 0. The molecule has 0 nitrogen and oxygen atoms in total. The smallest absolute Gasteiger partial charge is 0.0303 e. The summed E-state index contributed by atoms with van der Waals surface area (Å²) >= 11 is 0. The molecule has 1 unspecified atom stereocenters. The lowest BCUT2D eigenvalue weighted by Gasteiger charge is -2.45. The Bertz CT molecular complexity index is 186. The van der Waals surface area contributed by atoms with Crippen LogP contribution in [-0.4, -0.2) is 0 Å². The van der Waals surface area contributed by atoms with Crippen molar-refractivity contribution in [2.75, 3.05) is 0 Å². The highest BCUT2D eigenvalue weighted by atomic mass is 14.4. The van der Waals surface area contributed by atoms with Gasteiger partial charge in [-0.2, -0.15) is 0 Å². The minimum Gasteiger partial charge on any atom is -0.0649 e. The van der Waals surface area contributed by atoms with Gasteiger partial charge in [-0.25, -0.2) is 0 Å². The molecule has 0 spiro atoms. The fraction of sp³-hybridized carbons (Fsp3) is 1.00. The Kier molecular flexibility index (Phi) is 4.89. The average molecular weight is 212 g/mol. The summed E-state index contributed by atoms with van der Waals surface area (Å²) in [6, 6.07) is 0. The Balaban J connectivity index is 4.79. The molecule has 0 saturated heterocycles. The van der Waals surface area contributed by atoms with E-state index < -0.39 is 0 Å². The van der Waals surface area contributed by atoms with Crippen LogP contribution in [0.5, 0.6) is 0 Å². The molecule has 0 aromatic rings. The molecule has 0 fully saturated rings. The Morgan fingerprint density at radius 1 is 0.800 bits per heavy atom. The van der Waals surface area contributed by atoms with Gasteiger partial charge in [0.05, 0.1) is 0 Å². The van der Waals surface area contributed by atoms with E-state index in [0.717, 1.165) is 17.8 Å². The Hall–Kier alpha value is 0. The molecule has 0 heteroatoms. The van der Waals surface area contributed by atoms with E-state index in [2.05, 4.69) is 62.3 Å². The molecule has 0 radical (unpaired) electrons. The number of rotatable bonds is 5. The molecule has 0 aromatic heterocycles. The topological polar surface area (TPSA) is 0 Å². The molecule has 0 aliphatic rings. The van der Waals surface area contributed by atoms with Gasteiger partial charge in [-0.1, -0.05) is 68.7 Å². The van der Waals surface area contributed by atoms with E-state index in [1.807, 2.05) is 0 Å². The molecule has 0 heterocycles. The van der Waals surface area contributed by atoms with E-state index in [1.165, 1.54) is 6.42 Å². The van der Waals surface area contributed by atoms with Gasteiger partial charge >= 0.3 is 0 Å². The highest BCUT2D eigenvalue weighted by Crippen LogP contribution is 2.45. The third-order valence-corrected chi connectivity index (χ3v) is 5.56. The summed E-state index contributed by atoms with van der Waals surface area (Å²) in [4.78, 5) is 0. The van der Waals surface area contributed by atoms with Crippen molar-refractivity contribution in [2.45, 2.75) is 68.7 Å². The molecule has 0 aliphatic heterocycles. The van der Waals surface area contributed by atoms with E-state index in [4.69, 9.17) is 0 Å². The Morgan fingerprint density at radius 2 is 1.20 bits per heavy atom. The first-order valence-corrected chi connectivity index (χ1v) is 6.57. The van der Waals surface area contributed by atoms with E-state index >= 15 is 0 Å². The van der Waals surface area contributed by atoms with Crippen LogP contribution in [0.25, 0.3) is 0 Å². The predicted octanol–water partition coefficient (Wildman–Crippen LogP) is 5.38. The normalized spacial score (nSPS) is 18.0. The van der Waals surface area contributed by atoms with Crippen molar-refractivity contribution in [3.05, 3.63) is 0 Å². The summed E-state index contributed by atoms with van der Waals surface area (Å²) in [7, 11) is 0. The van der Waals surface area contributed by atoms with Crippen LogP contribution in [0.15, 0.2) is 0 Å². The summed E-state index contributed by atoms with van der Waals surface area (Å²) in [5.74, 6) is 2.30. The standard InChI is InChI=1S/C15H32/c1-10-14(6,7)12(4)13(5)15(8,9)11(2)3/h11-13H,10H2,1-9H3/t12-,13?/m0/s1. The van der Waals surface area contributed by atoms with Crippen molar-refractivity contribution in [1.29, 1.82) is 0 Å². The average Bonchev–Trinajstić information content (AvgIpc) is 2.15. The second-order valence-electron chi connectivity index (χ2n) is 6.90. The lowest BCUT2D eigenvalue weighted by molar-refractivity contribution is 0.0416. The van der Waals surface area contributed by atoms with Crippen LogP contribution in [0.2, 0.25) is 0 Å². The molecule has 2 atom stereocenters. The minimum atomic E-state index is 0.436. The van der Waals surface area contributed by atoms with Crippen molar-refractivity contribution < 1.29 is 0 Å². The van der Waals surface area contributed by atoms with E-state index in [-0.39, 0.29) is 0 Å². The van der Waals surface area contributed by atoms with Gasteiger partial charge < -0.3 is 0 Å². The van der Waals surface area contributed by atoms with Gasteiger partial charge in [-0.05, 0) is 28.6 Å². The molecule has 15 heavy (non-hydrogen) atoms. The van der Waals surface area contributed by atoms with E-state index in [0.29, 0.717) is 10.8 Å². The zero-order valence-electron chi connectivity index (χ0n) is 12.4. The molecular formula is C15H32. The second-order valence-corrected chi connectivity index (χ2v) is 6.90. The van der Waals surface area contributed by atoms with Crippen LogP contribution >= 0.6 is 0 Å². The SMILES string of the molecule is CCC(C)(C)[C@@H](C)C(C)C(C)(C)C(C)C. The van der Waals surface area contributed by atoms with Crippen molar-refractivity contribution in [1.82, 2.24) is 0 Å². The molecule has 0 aromatic carbocycles. The molecule has 0 amide bonds. The first-order valence-electron chi connectivity index (χ1n) is 6.57. The number of hydrogen-bond donors (Lipinski definition) is 0. The van der Waals surface area contributed by atoms with Gasteiger partial charge in [0.1, 0.15) is 0 Å². The molecule has 0 bridgehead atoms. The lowest BCUT2D eigenvalue weighted by atomic mass is 9.60. The summed E-state index contributed by atoms with van der Waals surface area (Å²) in [6.45, 7) is 21.5. The van der Waals surface area contributed by atoms with Crippen molar-refractivity contribution in [3.63, 3.8) is 0 Å². The highest BCUT2D eigenvalue weighted by Gasteiger charge is 2.38. The third-order valence-electron chi connectivity index (χ3n) is 5.56. The van der Waals surface area contributed by atoms with Crippen molar-refractivity contribution in [3.8, 4) is 0 Å². The maximum absolute atomic E-state index is 2.43. The second kappa shape index (κ2) is 4.89. The van der Waals surface area contributed by atoms with Gasteiger partial charge in [0, 0.05) is 0 Å². The quantitative estimate of drug-likeness (QED) is 0.574. The zero-order chi connectivity index (χ0) is 12.4. The molecule has 0 aliphatic carbocycles. The first-order chi connectivity index (χ1) is 6.57. The third kappa shape index (κ3) is 3.23. The van der Waals surface area contributed by atoms with Gasteiger partial charge in [-0.15, -0.1) is 0 Å². The van der Waals surface area contributed by atoms with Gasteiger partial charge in [0.25, 0.3) is 0 Å². The summed E-state index contributed by atoms with van der Waals surface area (Å²) in [6.07, 6.45) is 1.27. The van der Waals surface area contributed by atoms with Crippen LogP contribution < -0.4 is 0 Å². The lowest BCUT2D eigenvalue weighted by Crippen LogP contribution is -2.37. The first kappa shape index (κ1) is 15.0. The molecule has 0 rings (SSSR count). The van der Waals surface area contributed by atoms with Crippen LogP contribution in [-0.2, 0) is 0 Å². The fourth-order valence-corrected chi connectivity index (χ4v) is 2.17. The minimum absolute atomic E-state index is 0.436. The van der Waals surface area contributed by atoms with Gasteiger partial charge in [0.2, 0.25) is 0 Å². The van der Waals surface area contributed by atoms with E-state index in [1.54, 1.807) is 0 Å². The van der Waals surface area contributed by atoms with Gasteiger partial charge in [0.15, 0.2) is 0 Å². The van der Waals surface area contributed by atoms with E-state index in [9.17, 15) is 0 Å². The maximum atomic E-state index is 2.43. The molecule has 0 saturated carbocycles. The summed E-state index contributed by atoms with van der Waals surface area (Å²) < 4.78 is 0. The number of hydrogen-bond acceptors (Lipinski definition) is 0. The van der Waals surface area contributed by atoms with Crippen LogP contribution in [0, 0.1) is 28.6 Å². The van der Waals surface area contributed by atoms with Crippen LogP contribution in [0.4, 0.5) is 0 Å². The highest BCUT2D eigenvalue weighted by molar-refractivity contribution is 4.87. The van der Waals surface area contributed by atoms with Crippen LogP contribution in [0.1, 0.15) is 68.7 Å². The van der Waals surface area contributed by atoms with Gasteiger partial charge in [-0.3, -0.25) is 0 Å². The van der Waals surface area contributed by atoms with Crippen molar-refractivity contribution >= 4 is 0 Å². The fourth-order valence-electron chi connectivity index (χ4n) is 2.17. The maximum Gasteiger partial charge on any atom is -0.0303 e. The molecular weight excluding hydrogens is 180 g/mol.